The molecule has 0 aromatic carbocycles. The van der Waals surface area contributed by atoms with Crippen molar-refractivity contribution in [3.63, 3.8) is 0 Å². The van der Waals surface area contributed by atoms with Gasteiger partial charge in [-0.3, -0.25) is 0 Å². The monoisotopic (exact) mass is 227 g/mol. The third-order valence-electron chi connectivity index (χ3n) is 3.03. The summed E-state index contributed by atoms with van der Waals surface area (Å²) in [5.41, 5.74) is 3.05. The molecule has 0 bridgehead atoms. The van der Waals surface area contributed by atoms with Crippen LogP contribution < -0.4 is 0 Å². The van der Waals surface area contributed by atoms with Gasteiger partial charge in [0.2, 0.25) is 0 Å². The van der Waals surface area contributed by atoms with Gasteiger partial charge in [0.05, 0.1) is 0 Å². The normalized spacial score (nSPS) is 16.6. The Morgan fingerprint density at radius 1 is 1.24 bits per heavy atom. The lowest BCUT2D eigenvalue weighted by molar-refractivity contribution is 0.322. The van der Waals surface area contributed by atoms with Crippen LogP contribution >= 0.6 is 0 Å². The minimum absolute atomic E-state index is 0.174. The van der Waals surface area contributed by atoms with Crippen LogP contribution in [0.5, 0.6) is 0 Å². The largest absolute Gasteiger partial charge is 0.346 e. The molecule has 0 saturated heterocycles. The van der Waals surface area contributed by atoms with Gasteiger partial charge >= 0.3 is 0 Å². The van der Waals surface area contributed by atoms with E-state index in [1.807, 2.05) is 38.1 Å². The van der Waals surface area contributed by atoms with E-state index in [1.54, 1.807) is 0 Å². The van der Waals surface area contributed by atoms with Crippen molar-refractivity contribution in [2.75, 3.05) is 0 Å². The molecule has 3 heteroatoms. The Kier molecular flexibility index (Phi) is 4.12. The number of rotatable bonds is 2. The van der Waals surface area contributed by atoms with E-state index in [0.29, 0.717) is 11.6 Å². The summed E-state index contributed by atoms with van der Waals surface area (Å²) in [7, 11) is 0. The Hall–Kier alpha value is -2.00. The van der Waals surface area contributed by atoms with Crippen LogP contribution in [0.15, 0.2) is 34.7 Å². The highest BCUT2D eigenvalue weighted by Crippen LogP contribution is 2.27. The molecular weight excluding hydrogens is 210 g/mol. The highest BCUT2D eigenvalue weighted by molar-refractivity contribution is 5.53. The lowest BCUT2D eigenvalue weighted by atomic mass is 10.0. The lowest BCUT2D eigenvalue weighted by Crippen LogP contribution is -2.31. The van der Waals surface area contributed by atoms with Crippen LogP contribution in [0, 0.1) is 22.7 Å². The first-order valence-electron chi connectivity index (χ1n) is 5.75. The highest BCUT2D eigenvalue weighted by atomic mass is 15.2. The maximum absolute atomic E-state index is 8.87. The van der Waals surface area contributed by atoms with Gasteiger partial charge in [-0.1, -0.05) is 6.92 Å². The zero-order chi connectivity index (χ0) is 13.0. The van der Waals surface area contributed by atoms with Gasteiger partial charge in [0.25, 0.3) is 0 Å². The fraction of sp³-hybridized carbons (Fsp3) is 0.429. The fourth-order valence-corrected chi connectivity index (χ4v) is 2.09. The van der Waals surface area contributed by atoms with Crippen molar-refractivity contribution < 1.29 is 0 Å². The highest BCUT2D eigenvalue weighted by Gasteiger charge is 2.19. The minimum atomic E-state index is 0.174. The van der Waals surface area contributed by atoms with E-state index < -0.39 is 0 Å². The van der Waals surface area contributed by atoms with Crippen LogP contribution in [0.2, 0.25) is 0 Å². The van der Waals surface area contributed by atoms with Crippen molar-refractivity contribution in [2.24, 2.45) is 0 Å². The van der Waals surface area contributed by atoms with Crippen LogP contribution in [0.4, 0.5) is 0 Å². The molecule has 0 fully saturated rings. The first-order chi connectivity index (χ1) is 8.04. The van der Waals surface area contributed by atoms with Crippen LogP contribution in [0.25, 0.3) is 0 Å². The number of hydrogen-bond acceptors (Lipinski definition) is 3. The van der Waals surface area contributed by atoms with Gasteiger partial charge in [-0.25, -0.2) is 0 Å². The summed E-state index contributed by atoms with van der Waals surface area (Å²) in [4.78, 5) is 2.23. The summed E-state index contributed by atoms with van der Waals surface area (Å²) in [6, 6.07) is 4.29. The van der Waals surface area contributed by atoms with E-state index in [1.165, 1.54) is 0 Å². The molecule has 0 aromatic heterocycles. The van der Waals surface area contributed by atoms with E-state index >= 15 is 0 Å². The predicted molar refractivity (Wildman–Crippen MR) is 67.4 cm³/mol. The van der Waals surface area contributed by atoms with Crippen LogP contribution in [0.3, 0.4) is 0 Å². The molecule has 0 spiro atoms. The zero-order valence-electron chi connectivity index (χ0n) is 10.8. The van der Waals surface area contributed by atoms with Crippen molar-refractivity contribution in [3.05, 3.63) is 34.7 Å². The third kappa shape index (κ3) is 2.57. The maximum atomic E-state index is 8.87. The smallest absolute Gasteiger partial charge is 0.137 e. The van der Waals surface area contributed by atoms with E-state index in [0.717, 1.165) is 17.8 Å². The molecule has 1 heterocycles. The SMILES string of the molecule is CCC(C)N1C(C)=CC(=C(C#N)C#N)C=C1C. The van der Waals surface area contributed by atoms with Crippen molar-refractivity contribution in [2.45, 2.75) is 40.2 Å². The first-order valence-corrected chi connectivity index (χ1v) is 5.75. The maximum Gasteiger partial charge on any atom is 0.137 e. The van der Waals surface area contributed by atoms with E-state index in [4.69, 9.17) is 10.5 Å². The molecule has 0 amide bonds. The number of nitrogens with zero attached hydrogens (tertiary/aromatic N) is 3. The molecule has 0 N–H and O–H groups in total. The second-order valence-corrected chi connectivity index (χ2v) is 4.25. The average molecular weight is 227 g/mol. The van der Waals surface area contributed by atoms with E-state index in [2.05, 4.69) is 18.7 Å². The van der Waals surface area contributed by atoms with Gasteiger partial charge in [0.1, 0.15) is 17.7 Å². The third-order valence-corrected chi connectivity index (χ3v) is 3.03. The Morgan fingerprint density at radius 2 is 1.71 bits per heavy atom. The molecule has 1 unspecified atom stereocenters. The predicted octanol–water partition coefficient (Wildman–Crippen LogP) is 3.25. The van der Waals surface area contributed by atoms with Crippen LogP contribution in [-0.4, -0.2) is 10.9 Å². The van der Waals surface area contributed by atoms with Gasteiger partial charge in [-0.2, -0.15) is 10.5 Å². The Bertz CT molecular complexity index is 443. The minimum Gasteiger partial charge on any atom is -0.346 e. The van der Waals surface area contributed by atoms with Gasteiger partial charge in [0, 0.05) is 23.0 Å². The summed E-state index contributed by atoms with van der Waals surface area (Å²) in [5, 5.41) is 17.7. The Morgan fingerprint density at radius 3 is 2.06 bits per heavy atom. The Balaban J connectivity index is 3.21. The van der Waals surface area contributed by atoms with Gasteiger partial charge in [-0.15, -0.1) is 0 Å². The zero-order valence-corrected chi connectivity index (χ0v) is 10.8. The van der Waals surface area contributed by atoms with Gasteiger partial charge < -0.3 is 4.90 Å². The van der Waals surface area contributed by atoms with E-state index in [9.17, 15) is 0 Å². The van der Waals surface area contributed by atoms with Crippen LogP contribution in [0.1, 0.15) is 34.1 Å². The molecule has 1 aliphatic heterocycles. The van der Waals surface area contributed by atoms with Crippen molar-refractivity contribution in [3.8, 4) is 12.1 Å². The fourth-order valence-electron chi connectivity index (χ4n) is 2.09. The van der Waals surface area contributed by atoms with Crippen LogP contribution in [-0.2, 0) is 0 Å². The first kappa shape index (κ1) is 13.1. The number of allylic oxidation sites excluding steroid dienone is 6. The summed E-state index contributed by atoms with van der Waals surface area (Å²) in [6.45, 7) is 8.33. The van der Waals surface area contributed by atoms with Gasteiger partial charge in [-0.05, 0) is 39.3 Å². The topological polar surface area (TPSA) is 50.8 Å². The molecule has 1 aliphatic rings. The second-order valence-electron chi connectivity index (χ2n) is 4.25. The molecular formula is C14H17N3. The number of nitriles is 2. The average Bonchev–Trinajstić information content (AvgIpc) is 2.29. The molecule has 1 atom stereocenters. The van der Waals surface area contributed by atoms with Crippen molar-refractivity contribution in [1.29, 1.82) is 10.5 Å². The molecule has 17 heavy (non-hydrogen) atoms. The molecule has 1 rings (SSSR count). The molecule has 88 valence electrons. The molecule has 0 aromatic rings. The summed E-state index contributed by atoms with van der Waals surface area (Å²) >= 11 is 0. The Labute approximate surface area is 103 Å². The molecule has 0 saturated carbocycles. The number of hydrogen-bond donors (Lipinski definition) is 0. The van der Waals surface area contributed by atoms with Gasteiger partial charge in [0.15, 0.2) is 0 Å². The molecule has 3 nitrogen and oxygen atoms in total. The molecule has 0 aliphatic carbocycles. The summed E-state index contributed by atoms with van der Waals surface area (Å²) in [6.07, 6.45) is 4.86. The van der Waals surface area contributed by atoms with Crippen molar-refractivity contribution >= 4 is 0 Å². The van der Waals surface area contributed by atoms with Crippen molar-refractivity contribution in [1.82, 2.24) is 4.90 Å². The quantitative estimate of drug-likeness (QED) is 0.680. The lowest BCUT2D eigenvalue weighted by Gasteiger charge is -2.34. The molecule has 0 radical (unpaired) electrons. The summed E-state index contributed by atoms with van der Waals surface area (Å²) in [5.74, 6) is 0. The standard InChI is InChI=1S/C14H17N3/c1-5-10(2)17-11(3)6-13(7-12(17)4)14(8-15)9-16/h6-7,10H,5H2,1-4H3. The second kappa shape index (κ2) is 5.37. The summed E-state index contributed by atoms with van der Waals surface area (Å²) < 4.78 is 0. The van der Waals surface area contributed by atoms with E-state index in [-0.39, 0.29) is 5.57 Å².